The topological polar surface area (TPSA) is 38.3 Å². The molecule has 88 valence electrons. The number of ether oxygens (including phenoxy) is 1. The van der Waals surface area contributed by atoms with Crippen molar-refractivity contribution in [2.75, 3.05) is 13.7 Å². The molecule has 15 heavy (non-hydrogen) atoms. The standard InChI is InChI=1S/C12H23NO2/c1-4-7-13-12(9-11(14)15-3)6-5-10(2)8-12/h10,13H,4-9H2,1-3H3. The fraction of sp³-hybridized carbons (Fsp3) is 0.917. The summed E-state index contributed by atoms with van der Waals surface area (Å²) in [6.07, 6.45) is 5.05. The van der Waals surface area contributed by atoms with Crippen LogP contribution in [0.1, 0.15) is 46.0 Å². The van der Waals surface area contributed by atoms with Crippen LogP contribution in [0, 0.1) is 5.92 Å². The molecule has 2 unspecified atom stereocenters. The van der Waals surface area contributed by atoms with Crippen LogP contribution in [0.3, 0.4) is 0 Å². The first kappa shape index (κ1) is 12.5. The van der Waals surface area contributed by atoms with Gasteiger partial charge in [0.2, 0.25) is 0 Å². The lowest BCUT2D eigenvalue weighted by atomic mass is 9.92. The predicted molar refractivity (Wildman–Crippen MR) is 60.7 cm³/mol. The molecule has 1 N–H and O–H groups in total. The van der Waals surface area contributed by atoms with Gasteiger partial charge in [-0.1, -0.05) is 13.8 Å². The number of methoxy groups -OCH3 is 1. The minimum absolute atomic E-state index is 0.0164. The quantitative estimate of drug-likeness (QED) is 0.711. The Bertz CT molecular complexity index is 218. The van der Waals surface area contributed by atoms with Crippen molar-refractivity contribution in [2.45, 2.75) is 51.5 Å². The van der Waals surface area contributed by atoms with Gasteiger partial charge in [-0.05, 0) is 38.1 Å². The number of nitrogens with one attached hydrogen (secondary N) is 1. The monoisotopic (exact) mass is 213 g/mol. The van der Waals surface area contributed by atoms with E-state index in [-0.39, 0.29) is 11.5 Å². The molecular weight excluding hydrogens is 190 g/mol. The molecule has 1 rings (SSSR count). The average molecular weight is 213 g/mol. The molecule has 0 bridgehead atoms. The Morgan fingerprint density at radius 2 is 2.33 bits per heavy atom. The van der Waals surface area contributed by atoms with Gasteiger partial charge in [0.25, 0.3) is 0 Å². The molecule has 3 heteroatoms. The van der Waals surface area contributed by atoms with Gasteiger partial charge in [-0.15, -0.1) is 0 Å². The molecule has 1 aliphatic rings. The third-order valence-electron chi connectivity index (χ3n) is 3.32. The van der Waals surface area contributed by atoms with Crippen LogP contribution in [0.15, 0.2) is 0 Å². The molecule has 1 saturated carbocycles. The highest BCUT2D eigenvalue weighted by Gasteiger charge is 2.38. The van der Waals surface area contributed by atoms with E-state index in [0.717, 1.165) is 31.7 Å². The Morgan fingerprint density at radius 1 is 1.60 bits per heavy atom. The summed E-state index contributed by atoms with van der Waals surface area (Å²) in [6, 6.07) is 0. The third kappa shape index (κ3) is 3.49. The van der Waals surface area contributed by atoms with E-state index in [1.807, 2.05) is 0 Å². The summed E-state index contributed by atoms with van der Waals surface area (Å²) in [5, 5.41) is 3.54. The number of carbonyl (C=O) groups excluding carboxylic acids is 1. The van der Waals surface area contributed by atoms with Crippen LogP contribution < -0.4 is 5.32 Å². The average Bonchev–Trinajstić information content (AvgIpc) is 2.57. The van der Waals surface area contributed by atoms with Crippen molar-refractivity contribution in [2.24, 2.45) is 5.92 Å². The van der Waals surface area contributed by atoms with Crippen LogP contribution in [0.2, 0.25) is 0 Å². The van der Waals surface area contributed by atoms with E-state index >= 15 is 0 Å². The zero-order chi connectivity index (χ0) is 11.3. The van der Waals surface area contributed by atoms with E-state index in [0.29, 0.717) is 6.42 Å². The first-order valence-electron chi connectivity index (χ1n) is 5.94. The van der Waals surface area contributed by atoms with Gasteiger partial charge >= 0.3 is 5.97 Å². The lowest BCUT2D eigenvalue weighted by Gasteiger charge is -2.29. The summed E-state index contributed by atoms with van der Waals surface area (Å²) in [5.41, 5.74) is 0.0164. The lowest BCUT2D eigenvalue weighted by molar-refractivity contribution is -0.142. The van der Waals surface area contributed by atoms with Crippen LogP contribution in [0.25, 0.3) is 0 Å². The maximum atomic E-state index is 11.4. The van der Waals surface area contributed by atoms with E-state index in [9.17, 15) is 4.79 Å². The number of carbonyl (C=O) groups is 1. The van der Waals surface area contributed by atoms with Crippen molar-refractivity contribution in [3.8, 4) is 0 Å². The van der Waals surface area contributed by atoms with Gasteiger partial charge in [0.1, 0.15) is 0 Å². The van der Waals surface area contributed by atoms with E-state index in [2.05, 4.69) is 19.2 Å². The van der Waals surface area contributed by atoms with Crippen molar-refractivity contribution in [1.82, 2.24) is 5.32 Å². The maximum absolute atomic E-state index is 11.4. The highest BCUT2D eigenvalue weighted by molar-refractivity contribution is 5.70. The number of hydrogen-bond acceptors (Lipinski definition) is 3. The summed E-state index contributed by atoms with van der Waals surface area (Å²) in [6.45, 7) is 5.40. The Morgan fingerprint density at radius 3 is 2.80 bits per heavy atom. The predicted octanol–water partition coefficient (Wildman–Crippen LogP) is 2.11. The Hall–Kier alpha value is -0.570. The minimum atomic E-state index is -0.0901. The van der Waals surface area contributed by atoms with Crippen LogP contribution in [0.5, 0.6) is 0 Å². The van der Waals surface area contributed by atoms with E-state index < -0.39 is 0 Å². The molecule has 0 aromatic heterocycles. The second kappa shape index (κ2) is 5.50. The van der Waals surface area contributed by atoms with Gasteiger partial charge in [0, 0.05) is 5.54 Å². The molecule has 0 saturated heterocycles. The smallest absolute Gasteiger partial charge is 0.307 e. The summed E-state index contributed by atoms with van der Waals surface area (Å²) in [5.74, 6) is 0.631. The summed E-state index contributed by atoms with van der Waals surface area (Å²) >= 11 is 0. The van der Waals surface area contributed by atoms with Crippen LogP contribution in [0.4, 0.5) is 0 Å². The van der Waals surface area contributed by atoms with Crippen LogP contribution >= 0.6 is 0 Å². The molecule has 0 spiro atoms. The molecule has 0 amide bonds. The SMILES string of the molecule is CCCNC1(CC(=O)OC)CCC(C)C1. The molecule has 0 aromatic rings. The molecule has 1 aliphatic carbocycles. The van der Waals surface area contributed by atoms with Crippen molar-refractivity contribution in [3.63, 3.8) is 0 Å². The number of rotatable bonds is 5. The Kier molecular flexibility index (Phi) is 4.58. The largest absolute Gasteiger partial charge is 0.469 e. The highest BCUT2D eigenvalue weighted by Crippen LogP contribution is 2.36. The molecular formula is C12H23NO2. The molecule has 3 nitrogen and oxygen atoms in total. The minimum Gasteiger partial charge on any atom is -0.469 e. The summed E-state index contributed by atoms with van der Waals surface area (Å²) in [4.78, 5) is 11.4. The molecule has 0 radical (unpaired) electrons. The van der Waals surface area contributed by atoms with Crippen molar-refractivity contribution < 1.29 is 9.53 Å². The maximum Gasteiger partial charge on any atom is 0.307 e. The van der Waals surface area contributed by atoms with Crippen molar-refractivity contribution in [3.05, 3.63) is 0 Å². The normalized spacial score (nSPS) is 30.5. The fourth-order valence-electron chi connectivity index (χ4n) is 2.52. The van der Waals surface area contributed by atoms with Crippen LogP contribution in [-0.2, 0) is 9.53 Å². The highest BCUT2D eigenvalue weighted by atomic mass is 16.5. The van der Waals surface area contributed by atoms with E-state index in [1.54, 1.807) is 0 Å². The van der Waals surface area contributed by atoms with Crippen LogP contribution in [-0.4, -0.2) is 25.2 Å². The second-order valence-electron chi connectivity index (χ2n) is 4.81. The second-order valence-corrected chi connectivity index (χ2v) is 4.81. The van der Waals surface area contributed by atoms with Crippen molar-refractivity contribution in [1.29, 1.82) is 0 Å². The van der Waals surface area contributed by atoms with Gasteiger partial charge in [0.15, 0.2) is 0 Å². The summed E-state index contributed by atoms with van der Waals surface area (Å²) in [7, 11) is 1.47. The van der Waals surface area contributed by atoms with Gasteiger partial charge < -0.3 is 10.1 Å². The van der Waals surface area contributed by atoms with Gasteiger partial charge in [0.05, 0.1) is 13.5 Å². The fourth-order valence-corrected chi connectivity index (χ4v) is 2.52. The lowest BCUT2D eigenvalue weighted by Crippen LogP contribution is -2.45. The molecule has 0 aromatic carbocycles. The van der Waals surface area contributed by atoms with Crippen molar-refractivity contribution >= 4 is 5.97 Å². The zero-order valence-electron chi connectivity index (χ0n) is 10.1. The van der Waals surface area contributed by atoms with Gasteiger partial charge in [-0.3, -0.25) is 4.79 Å². The third-order valence-corrected chi connectivity index (χ3v) is 3.32. The Labute approximate surface area is 92.6 Å². The van der Waals surface area contributed by atoms with E-state index in [4.69, 9.17) is 4.74 Å². The molecule has 2 atom stereocenters. The zero-order valence-corrected chi connectivity index (χ0v) is 10.1. The molecule has 0 heterocycles. The van der Waals surface area contributed by atoms with Gasteiger partial charge in [-0.25, -0.2) is 0 Å². The first-order valence-corrected chi connectivity index (χ1v) is 5.94. The van der Waals surface area contributed by atoms with Gasteiger partial charge in [-0.2, -0.15) is 0 Å². The number of esters is 1. The summed E-state index contributed by atoms with van der Waals surface area (Å²) < 4.78 is 4.77. The first-order chi connectivity index (χ1) is 7.12. The molecule has 1 fully saturated rings. The number of hydrogen-bond donors (Lipinski definition) is 1. The Balaban J connectivity index is 2.56. The molecule has 0 aliphatic heterocycles. The van der Waals surface area contributed by atoms with E-state index in [1.165, 1.54) is 13.5 Å².